The van der Waals surface area contributed by atoms with Crippen LogP contribution in [-0.4, -0.2) is 36.0 Å². The highest BCUT2D eigenvalue weighted by Gasteiger charge is 2.35. The number of amides is 1. The summed E-state index contributed by atoms with van der Waals surface area (Å²) >= 11 is 0. The average molecular weight is 185 g/mol. The predicted octanol–water partition coefficient (Wildman–Crippen LogP) is 0.560. The highest BCUT2D eigenvalue weighted by molar-refractivity contribution is 5.88. The van der Waals surface area contributed by atoms with Crippen molar-refractivity contribution in [1.29, 1.82) is 0 Å². The number of ether oxygens (including phenoxy) is 1. The van der Waals surface area contributed by atoms with E-state index < -0.39 is 0 Å². The molecule has 1 aliphatic rings. The Balaban J connectivity index is 2.59. The van der Waals surface area contributed by atoms with E-state index in [2.05, 4.69) is 0 Å². The Labute approximate surface area is 77.8 Å². The number of carbonyl (C=O) groups excluding carboxylic acids is 2. The molecule has 1 heterocycles. The number of likely N-dealkylation sites (N-methyl/N-ethyl adjacent to an activating group) is 1. The summed E-state index contributed by atoms with van der Waals surface area (Å²) < 4.78 is 4.87. The van der Waals surface area contributed by atoms with E-state index in [1.165, 1.54) is 0 Å². The average Bonchev–Trinajstić information content (AvgIpc) is 2.47. The molecule has 13 heavy (non-hydrogen) atoms. The Morgan fingerprint density at radius 1 is 1.62 bits per heavy atom. The highest BCUT2D eigenvalue weighted by Crippen LogP contribution is 2.19. The van der Waals surface area contributed by atoms with Crippen LogP contribution in [0.25, 0.3) is 0 Å². The van der Waals surface area contributed by atoms with Crippen LogP contribution in [0.3, 0.4) is 0 Å². The molecular weight excluding hydrogens is 170 g/mol. The molecule has 1 atom stereocenters. The molecule has 1 rings (SSSR count). The minimum atomic E-state index is -0.336. The van der Waals surface area contributed by atoms with Gasteiger partial charge in [0.05, 0.1) is 6.61 Å². The van der Waals surface area contributed by atoms with Crippen molar-refractivity contribution in [2.45, 2.75) is 32.7 Å². The number of nitrogens with zero attached hydrogens (tertiary/aromatic N) is 1. The highest BCUT2D eigenvalue weighted by atomic mass is 16.5. The molecule has 0 saturated carbocycles. The van der Waals surface area contributed by atoms with Crippen molar-refractivity contribution in [2.24, 2.45) is 0 Å². The molecule has 0 N–H and O–H groups in total. The van der Waals surface area contributed by atoms with Gasteiger partial charge in [-0.2, -0.15) is 0 Å². The minimum Gasteiger partial charge on any atom is -0.464 e. The molecule has 0 spiro atoms. The molecule has 1 fully saturated rings. The van der Waals surface area contributed by atoms with Crippen LogP contribution in [0.5, 0.6) is 0 Å². The van der Waals surface area contributed by atoms with E-state index in [4.69, 9.17) is 4.74 Å². The lowest BCUT2D eigenvalue weighted by molar-refractivity contribution is -0.151. The second-order valence-electron chi connectivity index (χ2n) is 2.99. The lowest BCUT2D eigenvalue weighted by atomic mass is 10.2. The van der Waals surface area contributed by atoms with Crippen LogP contribution >= 0.6 is 0 Å². The van der Waals surface area contributed by atoms with Gasteiger partial charge in [0, 0.05) is 13.0 Å². The van der Waals surface area contributed by atoms with E-state index in [1.807, 2.05) is 6.92 Å². The summed E-state index contributed by atoms with van der Waals surface area (Å²) in [7, 11) is 0. The molecule has 0 bridgehead atoms. The van der Waals surface area contributed by atoms with Crippen LogP contribution in [0.15, 0.2) is 0 Å². The van der Waals surface area contributed by atoms with Gasteiger partial charge in [-0.25, -0.2) is 4.79 Å². The zero-order valence-corrected chi connectivity index (χ0v) is 8.08. The van der Waals surface area contributed by atoms with E-state index in [0.29, 0.717) is 26.0 Å². The van der Waals surface area contributed by atoms with E-state index in [-0.39, 0.29) is 17.9 Å². The van der Waals surface area contributed by atoms with Crippen molar-refractivity contribution >= 4 is 11.9 Å². The Morgan fingerprint density at radius 2 is 2.31 bits per heavy atom. The van der Waals surface area contributed by atoms with Crippen molar-refractivity contribution in [1.82, 2.24) is 4.90 Å². The molecule has 4 nitrogen and oxygen atoms in total. The van der Waals surface area contributed by atoms with Gasteiger partial charge in [0.25, 0.3) is 0 Å². The Bertz CT molecular complexity index is 215. The molecule has 1 unspecified atom stereocenters. The standard InChI is InChI=1S/C9H15NO3/c1-3-10-7(5-6-8(10)11)9(12)13-4-2/h7H,3-6H2,1-2H3. The van der Waals surface area contributed by atoms with Crippen LogP contribution in [0.2, 0.25) is 0 Å². The summed E-state index contributed by atoms with van der Waals surface area (Å²) in [4.78, 5) is 24.2. The summed E-state index contributed by atoms with van der Waals surface area (Å²) in [6.07, 6.45) is 1.07. The quantitative estimate of drug-likeness (QED) is 0.603. The van der Waals surface area contributed by atoms with Gasteiger partial charge in [-0.15, -0.1) is 0 Å². The van der Waals surface area contributed by atoms with Crippen LogP contribution in [0.4, 0.5) is 0 Å². The van der Waals surface area contributed by atoms with Gasteiger partial charge in [-0.05, 0) is 20.3 Å². The second-order valence-corrected chi connectivity index (χ2v) is 2.99. The topological polar surface area (TPSA) is 46.6 Å². The summed E-state index contributed by atoms with van der Waals surface area (Å²) in [5, 5.41) is 0. The lowest BCUT2D eigenvalue weighted by Crippen LogP contribution is -2.39. The first-order chi connectivity index (χ1) is 6.20. The predicted molar refractivity (Wildman–Crippen MR) is 47.0 cm³/mol. The Morgan fingerprint density at radius 3 is 2.85 bits per heavy atom. The molecule has 1 aliphatic heterocycles. The van der Waals surface area contributed by atoms with Gasteiger partial charge in [0.2, 0.25) is 5.91 Å². The number of carbonyl (C=O) groups is 2. The van der Waals surface area contributed by atoms with Crippen molar-refractivity contribution in [3.63, 3.8) is 0 Å². The first-order valence-corrected chi connectivity index (χ1v) is 4.66. The van der Waals surface area contributed by atoms with Gasteiger partial charge >= 0.3 is 5.97 Å². The molecule has 0 radical (unpaired) electrons. The van der Waals surface area contributed by atoms with E-state index >= 15 is 0 Å². The third kappa shape index (κ3) is 1.99. The fourth-order valence-electron chi connectivity index (χ4n) is 1.61. The molecule has 4 heteroatoms. The Hall–Kier alpha value is -1.06. The molecular formula is C9H15NO3. The third-order valence-corrected chi connectivity index (χ3v) is 2.23. The van der Waals surface area contributed by atoms with E-state index in [9.17, 15) is 9.59 Å². The molecule has 0 aromatic heterocycles. The maximum Gasteiger partial charge on any atom is 0.328 e. The fraction of sp³-hybridized carbons (Fsp3) is 0.778. The first kappa shape index (κ1) is 10.0. The maximum atomic E-state index is 11.3. The van der Waals surface area contributed by atoms with Crippen LogP contribution < -0.4 is 0 Å². The van der Waals surface area contributed by atoms with Gasteiger partial charge in [0.15, 0.2) is 0 Å². The number of rotatable bonds is 3. The smallest absolute Gasteiger partial charge is 0.328 e. The van der Waals surface area contributed by atoms with Gasteiger partial charge in [-0.3, -0.25) is 4.79 Å². The minimum absolute atomic E-state index is 0.0561. The monoisotopic (exact) mass is 185 g/mol. The van der Waals surface area contributed by atoms with E-state index in [1.54, 1.807) is 11.8 Å². The SMILES string of the molecule is CCOC(=O)C1CCC(=O)N1CC. The van der Waals surface area contributed by atoms with Gasteiger partial charge in [-0.1, -0.05) is 0 Å². The first-order valence-electron chi connectivity index (χ1n) is 4.66. The lowest BCUT2D eigenvalue weighted by Gasteiger charge is -2.20. The second kappa shape index (κ2) is 4.25. The molecule has 74 valence electrons. The van der Waals surface area contributed by atoms with Gasteiger partial charge in [0.1, 0.15) is 6.04 Å². The number of likely N-dealkylation sites (tertiary alicyclic amines) is 1. The van der Waals surface area contributed by atoms with Crippen LogP contribution in [0, 0.1) is 0 Å². The summed E-state index contributed by atoms with van der Waals surface area (Å²) in [5.41, 5.74) is 0. The molecule has 1 saturated heterocycles. The number of hydrogen-bond acceptors (Lipinski definition) is 3. The van der Waals surface area contributed by atoms with E-state index in [0.717, 1.165) is 0 Å². The van der Waals surface area contributed by atoms with Gasteiger partial charge < -0.3 is 9.64 Å². The summed E-state index contributed by atoms with van der Waals surface area (Å²) in [6.45, 7) is 4.60. The fourth-order valence-corrected chi connectivity index (χ4v) is 1.61. The summed E-state index contributed by atoms with van der Waals surface area (Å²) in [6, 6.07) is -0.336. The van der Waals surface area contributed by atoms with Crippen LogP contribution in [0.1, 0.15) is 26.7 Å². The maximum absolute atomic E-state index is 11.3. The molecule has 1 amide bonds. The molecule has 0 aromatic rings. The van der Waals surface area contributed by atoms with Crippen molar-refractivity contribution in [2.75, 3.05) is 13.2 Å². The van der Waals surface area contributed by atoms with Crippen molar-refractivity contribution < 1.29 is 14.3 Å². The largest absolute Gasteiger partial charge is 0.464 e. The number of esters is 1. The zero-order chi connectivity index (χ0) is 9.84. The molecule has 0 aromatic carbocycles. The van der Waals surface area contributed by atoms with Crippen LogP contribution in [-0.2, 0) is 14.3 Å². The zero-order valence-electron chi connectivity index (χ0n) is 8.08. The normalized spacial score (nSPS) is 22.2. The van der Waals surface area contributed by atoms with Crippen molar-refractivity contribution in [3.8, 4) is 0 Å². The van der Waals surface area contributed by atoms with Crippen molar-refractivity contribution in [3.05, 3.63) is 0 Å². The Kier molecular flexibility index (Phi) is 3.28. The third-order valence-electron chi connectivity index (χ3n) is 2.23. The molecule has 0 aliphatic carbocycles. The summed E-state index contributed by atoms with van der Waals surface area (Å²) in [5.74, 6) is -0.212. The number of hydrogen-bond donors (Lipinski definition) is 0.